The summed E-state index contributed by atoms with van der Waals surface area (Å²) in [5.41, 5.74) is 7.34. The number of rotatable bonds is 3. The number of carbonyl (C=O) groups is 1. The van der Waals surface area contributed by atoms with E-state index < -0.39 is 0 Å². The zero-order valence-corrected chi connectivity index (χ0v) is 13.5. The van der Waals surface area contributed by atoms with Gasteiger partial charge in [-0.15, -0.1) is 0 Å². The van der Waals surface area contributed by atoms with Crippen LogP contribution in [0.4, 0.5) is 11.4 Å². The molecule has 0 aliphatic carbocycles. The van der Waals surface area contributed by atoms with E-state index >= 15 is 0 Å². The third kappa shape index (κ3) is 3.34. The van der Waals surface area contributed by atoms with Gasteiger partial charge in [0.25, 0.3) is 5.91 Å². The molecule has 0 heterocycles. The summed E-state index contributed by atoms with van der Waals surface area (Å²) in [6.45, 7) is 0. The number of halogens is 2. The van der Waals surface area contributed by atoms with E-state index in [-0.39, 0.29) is 5.91 Å². The van der Waals surface area contributed by atoms with Crippen LogP contribution in [0, 0.1) is 3.57 Å². The number of nitrogens with one attached hydrogen (secondary N) is 1. The first kappa shape index (κ1) is 14.9. The molecular weight excluding hydrogens is 391 g/mol. The van der Waals surface area contributed by atoms with Gasteiger partial charge in [-0.05, 0) is 52.9 Å². The van der Waals surface area contributed by atoms with Gasteiger partial charge in [0.05, 0.1) is 17.8 Å². The molecule has 0 fully saturated rings. The standard InChI is InChI=1S/C14H12ClIN2O2/c1-20-13-7-9(3-5-12(13)17)18-14(19)8-2-4-11(16)10(15)6-8/h2-7H,17H2,1H3,(H,18,19). The number of ether oxygens (including phenoxy) is 1. The second-order valence-corrected chi connectivity index (χ2v) is 5.61. The molecule has 104 valence electrons. The Balaban J connectivity index is 2.21. The molecule has 0 spiro atoms. The molecule has 4 nitrogen and oxygen atoms in total. The molecule has 0 bridgehead atoms. The molecule has 1 amide bonds. The van der Waals surface area contributed by atoms with Gasteiger partial charge < -0.3 is 15.8 Å². The maximum Gasteiger partial charge on any atom is 0.255 e. The van der Waals surface area contributed by atoms with E-state index in [1.165, 1.54) is 7.11 Å². The molecule has 3 N–H and O–H groups in total. The molecular formula is C14H12ClIN2O2. The summed E-state index contributed by atoms with van der Waals surface area (Å²) in [6.07, 6.45) is 0. The molecule has 0 saturated heterocycles. The smallest absolute Gasteiger partial charge is 0.255 e. The quantitative estimate of drug-likeness (QED) is 0.606. The summed E-state index contributed by atoms with van der Waals surface area (Å²) in [7, 11) is 1.52. The number of nitrogens with two attached hydrogens (primary N) is 1. The number of hydrogen-bond donors (Lipinski definition) is 2. The molecule has 2 aromatic carbocycles. The third-order valence-electron chi connectivity index (χ3n) is 2.67. The van der Waals surface area contributed by atoms with E-state index in [0.29, 0.717) is 27.7 Å². The number of nitrogen functional groups attached to an aromatic ring is 1. The lowest BCUT2D eigenvalue weighted by Crippen LogP contribution is -2.12. The van der Waals surface area contributed by atoms with Crippen LogP contribution in [0.25, 0.3) is 0 Å². The fraction of sp³-hybridized carbons (Fsp3) is 0.0714. The van der Waals surface area contributed by atoms with Crippen molar-refractivity contribution in [3.05, 3.63) is 50.6 Å². The van der Waals surface area contributed by atoms with Gasteiger partial charge >= 0.3 is 0 Å². The second kappa shape index (κ2) is 6.32. The van der Waals surface area contributed by atoms with E-state index in [1.54, 1.807) is 36.4 Å². The van der Waals surface area contributed by atoms with Crippen molar-refractivity contribution in [3.8, 4) is 5.75 Å². The van der Waals surface area contributed by atoms with Crippen LogP contribution < -0.4 is 15.8 Å². The number of carbonyl (C=O) groups excluding carboxylic acids is 1. The Kier molecular flexibility index (Phi) is 4.72. The van der Waals surface area contributed by atoms with Crippen molar-refractivity contribution < 1.29 is 9.53 Å². The third-order valence-corrected chi connectivity index (χ3v) is 4.25. The van der Waals surface area contributed by atoms with Crippen LogP contribution in [0.2, 0.25) is 5.02 Å². The minimum Gasteiger partial charge on any atom is -0.495 e. The summed E-state index contributed by atoms with van der Waals surface area (Å²) < 4.78 is 6.01. The average molecular weight is 403 g/mol. The fourth-order valence-electron chi connectivity index (χ4n) is 1.63. The summed E-state index contributed by atoms with van der Waals surface area (Å²) >= 11 is 8.11. The van der Waals surface area contributed by atoms with Crippen molar-refractivity contribution >= 4 is 51.5 Å². The van der Waals surface area contributed by atoms with E-state index in [1.807, 2.05) is 0 Å². The lowest BCUT2D eigenvalue weighted by atomic mass is 10.2. The molecule has 0 atom stereocenters. The Morgan fingerprint density at radius 3 is 2.70 bits per heavy atom. The first-order valence-electron chi connectivity index (χ1n) is 5.71. The number of hydrogen-bond acceptors (Lipinski definition) is 3. The molecule has 0 unspecified atom stereocenters. The van der Waals surface area contributed by atoms with Gasteiger partial charge in [0, 0.05) is 20.9 Å². The number of methoxy groups -OCH3 is 1. The summed E-state index contributed by atoms with van der Waals surface area (Å²) in [5, 5.41) is 3.32. The minimum absolute atomic E-state index is 0.241. The van der Waals surface area contributed by atoms with Gasteiger partial charge in [-0.2, -0.15) is 0 Å². The van der Waals surface area contributed by atoms with E-state index in [4.69, 9.17) is 22.1 Å². The van der Waals surface area contributed by atoms with Gasteiger partial charge in [-0.25, -0.2) is 0 Å². The molecule has 20 heavy (non-hydrogen) atoms. The minimum atomic E-state index is -0.241. The van der Waals surface area contributed by atoms with Crippen LogP contribution >= 0.6 is 34.2 Å². The van der Waals surface area contributed by atoms with Crippen molar-refractivity contribution in [3.63, 3.8) is 0 Å². The van der Waals surface area contributed by atoms with Gasteiger partial charge in [-0.3, -0.25) is 4.79 Å². The van der Waals surface area contributed by atoms with E-state index in [9.17, 15) is 4.79 Å². The highest BCUT2D eigenvalue weighted by molar-refractivity contribution is 14.1. The highest BCUT2D eigenvalue weighted by Crippen LogP contribution is 2.26. The average Bonchev–Trinajstić information content (AvgIpc) is 2.43. The first-order chi connectivity index (χ1) is 9.51. The lowest BCUT2D eigenvalue weighted by Gasteiger charge is -2.09. The highest BCUT2D eigenvalue weighted by atomic mass is 127. The molecule has 6 heteroatoms. The Labute approximate surface area is 135 Å². The Hall–Kier alpha value is -1.47. The van der Waals surface area contributed by atoms with Crippen LogP contribution in [0.1, 0.15) is 10.4 Å². The summed E-state index contributed by atoms with van der Waals surface area (Å²) in [5.74, 6) is 0.276. The second-order valence-electron chi connectivity index (χ2n) is 4.04. The Bertz CT molecular complexity index is 662. The van der Waals surface area contributed by atoms with Crippen LogP contribution in [-0.2, 0) is 0 Å². The predicted octanol–water partition coefficient (Wildman–Crippen LogP) is 3.79. The monoisotopic (exact) mass is 402 g/mol. The molecule has 2 rings (SSSR count). The van der Waals surface area contributed by atoms with Gasteiger partial charge in [-0.1, -0.05) is 11.6 Å². The maximum atomic E-state index is 12.1. The Morgan fingerprint density at radius 2 is 2.05 bits per heavy atom. The molecule has 2 aromatic rings. The summed E-state index contributed by atoms with van der Waals surface area (Å²) in [6, 6.07) is 10.2. The zero-order chi connectivity index (χ0) is 14.7. The van der Waals surface area contributed by atoms with Crippen molar-refractivity contribution in [2.75, 3.05) is 18.2 Å². The lowest BCUT2D eigenvalue weighted by molar-refractivity contribution is 0.102. The number of benzene rings is 2. The van der Waals surface area contributed by atoms with Crippen molar-refractivity contribution in [1.82, 2.24) is 0 Å². The van der Waals surface area contributed by atoms with E-state index in [0.717, 1.165) is 3.57 Å². The van der Waals surface area contributed by atoms with Gasteiger partial charge in [0.1, 0.15) is 5.75 Å². The van der Waals surface area contributed by atoms with Crippen molar-refractivity contribution in [2.24, 2.45) is 0 Å². The fourth-order valence-corrected chi connectivity index (χ4v) is 2.15. The SMILES string of the molecule is COc1cc(NC(=O)c2ccc(I)c(Cl)c2)ccc1N. The van der Waals surface area contributed by atoms with E-state index in [2.05, 4.69) is 27.9 Å². The van der Waals surface area contributed by atoms with Crippen LogP contribution in [0.3, 0.4) is 0 Å². The topological polar surface area (TPSA) is 64.3 Å². The first-order valence-corrected chi connectivity index (χ1v) is 7.17. The molecule has 0 aromatic heterocycles. The van der Waals surface area contributed by atoms with Crippen molar-refractivity contribution in [2.45, 2.75) is 0 Å². The molecule has 0 saturated carbocycles. The number of amides is 1. The predicted molar refractivity (Wildman–Crippen MR) is 89.5 cm³/mol. The van der Waals surface area contributed by atoms with Crippen LogP contribution in [-0.4, -0.2) is 13.0 Å². The largest absolute Gasteiger partial charge is 0.495 e. The molecule has 0 aliphatic rings. The van der Waals surface area contributed by atoms with Crippen LogP contribution in [0.5, 0.6) is 5.75 Å². The number of anilines is 2. The normalized spacial score (nSPS) is 10.2. The van der Waals surface area contributed by atoms with Gasteiger partial charge in [0.15, 0.2) is 0 Å². The summed E-state index contributed by atoms with van der Waals surface area (Å²) in [4.78, 5) is 12.1. The van der Waals surface area contributed by atoms with Gasteiger partial charge in [0.2, 0.25) is 0 Å². The molecule has 0 aliphatic heterocycles. The molecule has 0 radical (unpaired) electrons. The highest BCUT2D eigenvalue weighted by Gasteiger charge is 2.09. The maximum absolute atomic E-state index is 12.1. The van der Waals surface area contributed by atoms with Crippen molar-refractivity contribution in [1.29, 1.82) is 0 Å². The zero-order valence-electron chi connectivity index (χ0n) is 10.6. The van der Waals surface area contributed by atoms with Crippen LogP contribution in [0.15, 0.2) is 36.4 Å². The Morgan fingerprint density at radius 1 is 1.30 bits per heavy atom.